The second-order valence-electron chi connectivity index (χ2n) is 5.00. The van der Waals surface area contributed by atoms with Gasteiger partial charge in [-0.05, 0) is 24.3 Å². The number of hydrogen-bond donors (Lipinski definition) is 1. The van der Waals surface area contributed by atoms with Crippen LogP contribution < -0.4 is 5.56 Å². The zero-order chi connectivity index (χ0) is 17.5. The molecule has 9 heteroatoms. The van der Waals surface area contributed by atoms with Gasteiger partial charge in [0.25, 0.3) is 5.56 Å². The van der Waals surface area contributed by atoms with Crippen LogP contribution >= 0.6 is 11.6 Å². The number of benzene rings is 1. The lowest BCUT2D eigenvalue weighted by molar-refractivity contribution is -0.137. The lowest BCUT2D eigenvalue weighted by atomic mass is 10.2. The Labute approximate surface area is 137 Å². The highest BCUT2D eigenvalue weighted by Crippen LogP contribution is 2.31. The van der Waals surface area contributed by atoms with Crippen molar-refractivity contribution in [2.45, 2.75) is 12.6 Å². The van der Waals surface area contributed by atoms with Crippen LogP contribution in [0.15, 0.2) is 35.3 Å². The molecule has 3 aromatic rings. The maximum absolute atomic E-state index is 13.2. The van der Waals surface area contributed by atoms with Gasteiger partial charge in [-0.3, -0.25) is 9.78 Å². The number of halogens is 5. The minimum Gasteiger partial charge on any atom is -0.310 e. The molecule has 24 heavy (non-hydrogen) atoms. The van der Waals surface area contributed by atoms with Gasteiger partial charge in [-0.2, -0.15) is 13.2 Å². The van der Waals surface area contributed by atoms with E-state index in [4.69, 9.17) is 11.6 Å². The maximum Gasteiger partial charge on any atom is 0.417 e. The Hall–Kier alpha value is -2.48. The molecule has 0 aliphatic rings. The van der Waals surface area contributed by atoms with E-state index < -0.39 is 23.1 Å². The summed E-state index contributed by atoms with van der Waals surface area (Å²) in [5.74, 6) is -0.414. The smallest absolute Gasteiger partial charge is 0.310 e. The van der Waals surface area contributed by atoms with Gasteiger partial charge in [0.2, 0.25) is 0 Å². The number of nitrogens with zero attached hydrogens (tertiary/aromatic N) is 2. The normalized spacial score (nSPS) is 11.9. The van der Waals surface area contributed by atoms with E-state index >= 15 is 0 Å². The van der Waals surface area contributed by atoms with Crippen LogP contribution in [0.2, 0.25) is 5.02 Å². The summed E-state index contributed by atoms with van der Waals surface area (Å²) >= 11 is 5.83. The Morgan fingerprint density at radius 2 is 1.96 bits per heavy atom. The molecule has 0 aliphatic carbocycles. The van der Waals surface area contributed by atoms with E-state index in [-0.39, 0.29) is 33.9 Å². The topological polar surface area (TPSA) is 58.6 Å². The Balaban J connectivity index is 1.98. The molecule has 0 bridgehead atoms. The molecule has 0 saturated heterocycles. The van der Waals surface area contributed by atoms with Crippen molar-refractivity contribution in [1.82, 2.24) is 15.0 Å². The van der Waals surface area contributed by atoms with Crippen LogP contribution in [0, 0.1) is 5.82 Å². The van der Waals surface area contributed by atoms with E-state index in [1.807, 2.05) is 0 Å². The molecular formula is C15H8ClF4N3O. The van der Waals surface area contributed by atoms with Gasteiger partial charge in [0.05, 0.1) is 27.2 Å². The van der Waals surface area contributed by atoms with Crippen molar-refractivity contribution >= 4 is 22.5 Å². The molecule has 0 atom stereocenters. The number of rotatable bonds is 2. The molecular weight excluding hydrogens is 350 g/mol. The molecule has 0 spiro atoms. The first kappa shape index (κ1) is 16.4. The van der Waals surface area contributed by atoms with Gasteiger partial charge >= 0.3 is 6.18 Å². The SMILES string of the molecule is O=c1[nH]c(Cc2ncc(C(F)(F)F)cc2Cl)nc2ccc(F)cc12. The minimum absolute atomic E-state index is 0.0699. The van der Waals surface area contributed by atoms with E-state index in [0.29, 0.717) is 6.20 Å². The lowest BCUT2D eigenvalue weighted by Crippen LogP contribution is -2.13. The standard InChI is InChI=1S/C15H8ClF4N3O/c16-10-3-7(15(18,19)20)6-21-12(10)5-13-22-11-2-1-8(17)4-9(11)14(24)23-13/h1-4,6H,5H2,(H,22,23,24). The molecule has 3 rings (SSSR count). The molecule has 0 radical (unpaired) electrons. The first-order valence-electron chi connectivity index (χ1n) is 6.64. The summed E-state index contributed by atoms with van der Waals surface area (Å²) in [5, 5.41) is -0.114. The fraction of sp³-hybridized carbons (Fsp3) is 0.133. The van der Waals surface area contributed by atoms with Gasteiger partial charge in [-0.25, -0.2) is 9.37 Å². The first-order valence-corrected chi connectivity index (χ1v) is 7.02. The van der Waals surface area contributed by atoms with Crippen LogP contribution in [0.3, 0.4) is 0 Å². The van der Waals surface area contributed by atoms with Crippen molar-refractivity contribution in [2.75, 3.05) is 0 Å². The van der Waals surface area contributed by atoms with Crippen LogP contribution in [-0.2, 0) is 12.6 Å². The molecule has 1 aromatic carbocycles. The number of pyridine rings is 1. The Morgan fingerprint density at radius 3 is 2.62 bits per heavy atom. The molecule has 0 amide bonds. The molecule has 0 fully saturated rings. The van der Waals surface area contributed by atoms with E-state index in [1.165, 1.54) is 6.07 Å². The average molecular weight is 358 g/mol. The zero-order valence-electron chi connectivity index (χ0n) is 11.8. The summed E-state index contributed by atoms with van der Waals surface area (Å²) in [7, 11) is 0. The third-order valence-corrected chi connectivity index (χ3v) is 3.62. The van der Waals surface area contributed by atoms with Crippen LogP contribution in [0.5, 0.6) is 0 Å². The van der Waals surface area contributed by atoms with E-state index in [0.717, 1.165) is 18.2 Å². The summed E-state index contributed by atoms with van der Waals surface area (Å²) in [6.07, 6.45) is -3.95. The van der Waals surface area contributed by atoms with Crippen molar-refractivity contribution in [3.05, 3.63) is 68.7 Å². The lowest BCUT2D eigenvalue weighted by Gasteiger charge is -2.09. The molecule has 1 N–H and O–H groups in total. The predicted molar refractivity (Wildman–Crippen MR) is 79.4 cm³/mol. The predicted octanol–water partition coefficient (Wildman–Crippen LogP) is 3.72. The van der Waals surface area contributed by atoms with Gasteiger partial charge in [-0.1, -0.05) is 11.6 Å². The summed E-state index contributed by atoms with van der Waals surface area (Å²) in [6.45, 7) is 0. The van der Waals surface area contributed by atoms with Crippen molar-refractivity contribution in [3.8, 4) is 0 Å². The fourth-order valence-corrected chi connectivity index (χ4v) is 2.39. The monoisotopic (exact) mass is 357 g/mol. The fourth-order valence-electron chi connectivity index (χ4n) is 2.15. The molecule has 124 valence electrons. The first-order chi connectivity index (χ1) is 11.2. The van der Waals surface area contributed by atoms with Gasteiger partial charge in [0.15, 0.2) is 0 Å². The third kappa shape index (κ3) is 3.23. The summed E-state index contributed by atoms with van der Waals surface area (Å²) < 4.78 is 50.9. The number of nitrogens with one attached hydrogen (secondary N) is 1. The average Bonchev–Trinajstić information content (AvgIpc) is 2.49. The highest BCUT2D eigenvalue weighted by molar-refractivity contribution is 6.31. The van der Waals surface area contributed by atoms with Crippen molar-refractivity contribution in [1.29, 1.82) is 0 Å². The van der Waals surface area contributed by atoms with Crippen molar-refractivity contribution in [2.24, 2.45) is 0 Å². The quantitative estimate of drug-likeness (QED) is 0.711. The minimum atomic E-state index is -4.55. The number of alkyl halides is 3. The van der Waals surface area contributed by atoms with Gasteiger partial charge in [0.1, 0.15) is 11.6 Å². The molecule has 2 aromatic heterocycles. The number of fused-ring (bicyclic) bond motifs is 1. The van der Waals surface area contributed by atoms with Crippen molar-refractivity contribution in [3.63, 3.8) is 0 Å². The largest absolute Gasteiger partial charge is 0.417 e. The van der Waals surface area contributed by atoms with E-state index in [9.17, 15) is 22.4 Å². The van der Waals surface area contributed by atoms with Gasteiger partial charge in [0, 0.05) is 12.6 Å². The second-order valence-corrected chi connectivity index (χ2v) is 5.41. The number of aromatic amines is 1. The van der Waals surface area contributed by atoms with Crippen molar-refractivity contribution < 1.29 is 17.6 Å². The van der Waals surface area contributed by atoms with Gasteiger partial charge in [-0.15, -0.1) is 0 Å². The highest BCUT2D eigenvalue weighted by atomic mass is 35.5. The zero-order valence-corrected chi connectivity index (χ0v) is 12.5. The Bertz CT molecular complexity index is 985. The van der Waals surface area contributed by atoms with Crippen LogP contribution in [0.25, 0.3) is 10.9 Å². The molecule has 2 heterocycles. The molecule has 0 unspecified atom stereocenters. The second kappa shape index (κ2) is 5.86. The van der Waals surface area contributed by atoms with Crippen LogP contribution in [-0.4, -0.2) is 15.0 Å². The van der Waals surface area contributed by atoms with Crippen LogP contribution in [0.1, 0.15) is 17.1 Å². The third-order valence-electron chi connectivity index (χ3n) is 3.30. The Kier molecular flexibility index (Phi) is 4.00. The summed E-state index contributed by atoms with van der Waals surface area (Å²) in [6, 6.07) is 4.31. The number of H-pyrrole nitrogens is 1. The van der Waals surface area contributed by atoms with E-state index in [2.05, 4.69) is 15.0 Å². The van der Waals surface area contributed by atoms with Crippen LogP contribution in [0.4, 0.5) is 17.6 Å². The molecule has 0 aliphatic heterocycles. The number of aromatic nitrogens is 3. The highest BCUT2D eigenvalue weighted by Gasteiger charge is 2.31. The van der Waals surface area contributed by atoms with Gasteiger partial charge < -0.3 is 4.98 Å². The maximum atomic E-state index is 13.2. The summed E-state index contributed by atoms with van der Waals surface area (Å²) in [5.41, 5.74) is -1.13. The Morgan fingerprint density at radius 1 is 1.21 bits per heavy atom. The molecule has 4 nitrogen and oxygen atoms in total. The number of hydrogen-bond acceptors (Lipinski definition) is 3. The molecule has 0 saturated carbocycles. The van der Waals surface area contributed by atoms with E-state index in [1.54, 1.807) is 0 Å². The summed E-state index contributed by atoms with van der Waals surface area (Å²) in [4.78, 5) is 22.2.